The fourth-order valence-electron chi connectivity index (χ4n) is 2.01. The van der Waals surface area contributed by atoms with Crippen LogP contribution in [0.1, 0.15) is 16.8 Å². The Morgan fingerprint density at radius 2 is 2.42 bits per heavy atom. The molecule has 0 spiro atoms. The Balaban J connectivity index is 2.03. The minimum Gasteiger partial charge on any atom is -0.399 e. The molecule has 1 fully saturated rings. The average molecular weight is 268 g/mol. The summed E-state index contributed by atoms with van der Waals surface area (Å²) in [4.78, 5) is 11.9. The smallest absolute Gasteiger partial charge is 0.254 e. The summed E-state index contributed by atoms with van der Waals surface area (Å²) in [5.41, 5.74) is 5.30. The third kappa shape index (κ3) is 3.02. The number of rotatable bonds is 4. The molecule has 5 nitrogen and oxygen atoms in total. The van der Waals surface area contributed by atoms with E-state index in [9.17, 15) is 9.18 Å². The Bertz CT molecular complexity index is 473. The molecular weight excluding hydrogens is 251 g/mol. The maximum atomic E-state index is 13.5. The fraction of sp³-hybridized carbons (Fsp3) is 0.462. The SMILES string of the molecule is COC1(CNC(=O)c2cc(N)ccc2F)CCOC1. The molecule has 6 heteroatoms. The number of nitrogen functional groups attached to an aromatic ring is 1. The van der Waals surface area contributed by atoms with Crippen LogP contribution in [-0.4, -0.2) is 38.4 Å². The van der Waals surface area contributed by atoms with E-state index in [0.29, 0.717) is 25.3 Å². The number of amides is 1. The molecule has 1 amide bonds. The van der Waals surface area contributed by atoms with Crippen LogP contribution in [0.3, 0.4) is 0 Å². The molecule has 1 unspecified atom stereocenters. The molecule has 1 aliphatic heterocycles. The van der Waals surface area contributed by atoms with Gasteiger partial charge in [0, 0.05) is 32.4 Å². The first-order chi connectivity index (χ1) is 9.06. The molecule has 1 aromatic rings. The van der Waals surface area contributed by atoms with Gasteiger partial charge in [-0.1, -0.05) is 0 Å². The van der Waals surface area contributed by atoms with Gasteiger partial charge in [-0.2, -0.15) is 0 Å². The summed E-state index contributed by atoms with van der Waals surface area (Å²) in [6.07, 6.45) is 0.698. The van der Waals surface area contributed by atoms with Gasteiger partial charge in [0.25, 0.3) is 5.91 Å². The number of methoxy groups -OCH3 is 1. The Morgan fingerprint density at radius 1 is 1.63 bits per heavy atom. The van der Waals surface area contributed by atoms with Crippen LogP contribution in [0.15, 0.2) is 18.2 Å². The zero-order chi connectivity index (χ0) is 13.9. The molecule has 104 valence electrons. The lowest BCUT2D eigenvalue weighted by atomic mass is 10.0. The molecule has 1 aromatic carbocycles. The molecule has 1 aliphatic rings. The van der Waals surface area contributed by atoms with Crippen LogP contribution in [0.25, 0.3) is 0 Å². The van der Waals surface area contributed by atoms with Gasteiger partial charge in [0.05, 0.1) is 12.2 Å². The van der Waals surface area contributed by atoms with Crippen LogP contribution in [0.4, 0.5) is 10.1 Å². The van der Waals surface area contributed by atoms with Crippen molar-refractivity contribution in [3.63, 3.8) is 0 Å². The van der Waals surface area contributed by atoms with Crippen molar-refractivity contribution in [2.45, 2.75) is 12.0 Å². The van der Waals surface area contributed by atoms with E-state index in [0.717, 1.165) is 0 Å². The van der Waals surface area contributed by atoms with Crippen molar-refractivity contribution in [3.05, 3.63) is 29.6 Å². The van der Waals surface area contributed by atoms with Crippen molar-refractivity contribution in [1.82, 2.24) is 5.32 Å². The summed E-state index contributed by atoms with van der Waals surface area (Å²) < 4.78 is 24.2. The fourth-order valence-corrected chi connectivity index (χ4v) is 2.01. The first-order valence-corrected chi connectivity index (χ1v) is 6.02. The van der Waals surface area contributed by atoms with Crippen molar-refractivity contribution in [1.29, 1.82) is 0 Å². The number of nitrogens with one attached hydrogen (secondary N) is 1. The van der Waals surface area contributed by atoms with Gasteiger partial charge in [0.1, 0.15) is 11.4 Å². The molecule has 2 rings (SSSR count). The van der Waals surface area contributed by atoms with Crippen LogP contribution >= 0.6 is 0 Å². The lowest BCUT2D eigenvalue weighted by Crippen LogP contribution is -2.45. The number of halogens is 1. The minimum absolute atomic E-state index is 0.0647. The average Bonchev–Trinajstić information content (AvgIpc) is 2.88. The van der Waals surface area contributed by atoms with Crippen LogP contribution in [0.2, 0.25) is 0 Å². The molecule has 19 heavy (non-hydrogen) atoms. The highest BCUT2D eigenvalue weighted by Gasteiger charge is 2.35. The highest BCUT2D eigenvalue weighted by molar-refractivity contribution is 5.95. The van der Waals surface area contributed by atoms with E-state index in [1.807, 2.05) is 0 Å². The standard InChI is InChI=1S/C13H17FN2O3/c1-18-13(4-5-19-8-13)7-16-12(17)10-6-9(15)2-3-11(10)14/h2-3,6H,4-5,7-8,15H2,1H3,(H,16,17). The van der Waals surface area contributed by atoms with Gasteiger partial charge < -0.3 is 20.5 Å². The number of hydrogen-bond acceptors (Lipinski definition) is 4. The van der Waals surface area contributed by atoms with E-state index in [1.165, 1.54) is 18.2 Å². The Morgan fingerprint density at radius 3 is 3.05 bits per heavy atom. The molecule has 0 radical (unpaired) electrons. The van der Waals surface area contributed by atoms with Crippen molar-refractivity contribution in [2.24, 2.45) is 0 Å². The highest BCUT2D eigenvalue weighted by Crippen LogP contribution is 2.21. The monoisotopic (exact) mass is 268 g/mol. The summed E-state index contributed by atoms with van der Waals surface area (Å²) in [5.74, 6) is -1.10. The second-order valence-corrected chi connectivity index (χ2v) is 4.61. The van der Waals surface area contributed by atoms with E-state index in [-0.39, 0.29) is 12.1 Å². The molecular formula is C13H17FN2O3. The third-order valence-corrected chi connectivity index (χ3v) is 3.31. The number of nitrogens with two attached hydrogens (primary N) is 1. The Labute approximate surface area is 110 Å². The predicted octanol–water partition coefficient (Wildman–Crippen LogP) is 0.943. The van der Waals surface area contributed by atoms with Gasteiger partial charge in [-0.3, -0.25) is 4.79 Å². The zero-order valence-corrected chi connectivity index (χ0v) is 10.7. The third-order valence-electron chi connectivity index (χ3n) is 3.31. The van der Waals surface area contributed by atoms with Gasteiger partial charge in [0.15, 0.2) is 0 Å². The first-order valence-electron chi connectivity index (χ1n) is 6.02. The normalized spacial score (nSPS) is 22.4. The largest absolute Gasteiger partial charge is 0.399 e. The lowest BCUT2D eigenvalue weighted by Gasteiger charge is -2.25. The summed E-state index contributed by atoms with van der Waals surface area (Å²) in [5, 5.41) is 2.66. The topological polar surface area (TPSA) is 73.6 Å². The molecule has 1 saturated heterocycles. The van der Waals surface area contributed by atoms with Gasteiger partial charge in [0.2, 0.25) is 0 Å². The van der Waals surface area contributed by atoms with Crippen LogP contribution < -0.4 is 11.1 Å². The van der Waals surface area contributed by atoms with Crippen molar-refractivity contribution >= 4 is 11.6 Å². The maximum Gasteiger partial charge on any atom is 0.254 e. The quantitative estimate of drug-likeness (QED) is 0.797. The van der Waals surface area contributed by atoms with Crippen LogP contribution in [-0.2, 0) is 9.47 Å². The van der Waals surface area contributed by atoms with Crippen molar-refractivity contribution in [3.8, 4) is 0 Å². The van der Waals surface area contributed by atoms with Crippen LogP contribution in [0, 0.1) is 5.82 Å². The molecule has 1 heterocycles. The summed E-state index contributed by atoms with van der Waals surface area (Å²) in [6, 6.07) is 3.90. The Kier molecular flexibility index (Phi) is 4.01. The van der Waals surface area contributed by atoms with Gasteiger partial charge in [-0.05, 0) is 18.2 Å². The van der Waals surface area contributed by atoms with Gasteiger partial charge in [-0.25, -0.2) is 4.39 Å². The Hall–Kier alpha value is -1.66. The van der Waals surface area contributed by atoms with E-state index in [2.05, 4.69) is 5.32 Å². The molecule has 0 saturated carbocycles. The van der Waals surface area contributed by atoms with E-state index in [1.54, 1.807) is 7.11 Å². The second-order valence-electron chi connectivity index (χ2n) is 4.61. The van der Waals surface area contributed by atoms with Crippen molar-refractivity contribution in [2.75, 3.05) is 32.6 Å². The van der Waals surface area contributed by atoms with Crippen molar-refractivity contribution < 1.29 is 18.7 Å². The molecule has 0 bridgehead atoms. The number of carbonyl (C=O) groups excluding carboxylic acids is 1. The molecule has 1 atom stereocenters. The lowest BCUT2D eigenvalue weighted by molar-refractivity contribution is -0.0149. The van der Waals surface area contributed by atoms with Gasteiger partial charge >= 0.3 is 0 Å². The summed E-state index contributed by atoms with van der Waals surface area (Å²) in [6.45, 7) is 1.29. The van der Waals surface area contributed by atoms with Crippen LogP contribution in [0.5, 0.6) is 0 Å². The number of anilines is 1. The summed E-state index contributed by atoms with van der Waals surface area (Å²) in [7, 11) is 1.57. The number of hydrogen-bond donors (Lipinski definition) is 2. The van der Waals surface area contributed by atoms with E-state index < -0.39 is 17.3 Å². The second kappa shape index (κ2) is 5.54. The van der Waals surface area contributed by atoms with Gasteiger partial charge in [-0.15, -0.1) is 0 Å². The first kappa shape index (κ1) is 13.8. The number of ether oxygens (including phenoxy) is 2. The summed E-state index contributed by atoms with van der Waals surface area (Å²) >= 11 is 0. The van der Waals surface area contributed by atoms with E-state index in [4.69, 9.17) is 15.2 Å². The maximum absolute atomic E-state index is 13.5. The predicted molar refractivity (Wildman–Crippen MR) is 68.3 cm³/mol. The molecule has 3 N–H and O–H groups in total. The minimum atomic E-state index is -0.596. The number of benzene rings is 1. The van der Waals surface area contributed by atoms with E-state index >= 15 is 0 Å². The number of carbonyl (C=O) groups is 1. The highest BCUT2D eigenvalue weighted by atomic mass is 19.1. The molecule has 0 aliphatic carbocycles. The molecule has 0 aromatic heterocycles. The zero-order valence-electron chi connectivity index (χ0n) is 10.7.